The summed E-state index contributed by atoms with van der Waals surface area (Å²) in [5.41, 5.74) is 0. The van der Waals surface area contributed by atoms with E-state index in [2.05, 4.69) is 47.2 Å². The second kappa shape index (κ2) is 47.8. The maximum atomic E-state index is 12.2. The van der Waals surface area contributed by atoms with Gasteiger partial charge in [0.1, 0.15) is 31.5 Å². The molecule has 0 aliphatic heterocycles. The van der Waals surface area contributed by atoms with E-state index in [4.69, 9.17) is 18.5 Å². The van der Waals surface area contributed by atoms with Crippen molar-refractivity contribution in [2.24, 2.45) is 0 Å². The van der Waals surface area contributed by atoms with Gasteiger partial charge in [0, 0.05) is 12.8 Å². The number of hydrogen-bond acceptors (Lipinski definition) is 13. The molecule has 0 aromatic carbocycles. The van der Waals surface area contributed by atoms with Gasteiger partial charge in [-0.25, -0.2) is 9.13 Å². The zero-order valence-corrected chi connectivity index (χ0v) is 44.3. The van der Waals surface area contributed by atoms with Gasteiger partial charge in [0.2, 0.25) is 0 Å². The molecule has 0 radical (unpaired) electrons. The number of allylic oxidation sites excluding steroid dienone is 4. The zero-order chi connectivity index (χ0) is 50.2. The SMILES string of the molecule is CCCCC/C=C\C/C=C\CCCCCCCCCCCCCC(=O)OCC(O)COP(=O)(O)OCC(O)COP(=O)(O)OCC(O)COC(=O)CCCCCCCCCCCCCCCCC. The predicted octanol–water partition coefficient (Wildman–Crippen LogP) is 12.8. The lowest BCUT2D eigenvalue weighted by atomic mass is 10.0. The summed E-state index contributed by atoms with van der Waals surface area (Å²) >= 11 is 0. The number of hydrogen-bond donors (Lipinski definition) is 5. The van der Waals surface area contributed by atoms with Gasteiger partial charge in [-0.05, 0) is 44.9 Å². The molecule has 5 atom stereocenters. The van der Waals surface area contributed by atoms with E-state index < -0.39 is 85.5 Å². The molecular weight excluding hydrogens is 914 g/mol. The van der Waals surface area contributed by atoms with E-state index >= 15 is 0 Å². The quantitative estimate of drug-likeness (QED) is 0.0165. The number of carbonyl (C=O) groups excluding carboxylic acids is 2. The number of ether oxygens (including phenoxy) is 2. The minimum atomic E-state index is -4.79. The van der Waals surface area contributed by atoms with E-state index in [0.29, 0.717) is 12.8 Å². The van der Waals surface area contributed by atoms with Crippen LogP contribution >= 0.6 is 15.6 Å². The summed E-state index contributed by atoms with van der Waals surface area (Å²) in [6.45, 7) is 0.442. The molecule has 5 N–H and O–H groups in total. The first-order chi connectivity index (χ1) is 32.8. The number of carbonyl (C=O) groups is 2. The Bertz CT molecular complexity index is 1320. The first-order valence-corrected chi connectivity index (χ1v) is 29.7. The van der Waals surface area contributed by atoms with Crippen LogP contribution in [0.15, 0.2) is 24.3 Å². The van der Waals surface area contributed by atoms with Crippen molar-refractivity contribution in [3.05, 3.63) is 24.3 Å². The van der Waals surface area contributed by atoms with Crippen LogP contribution in [-0.4, -0.2) is 95.0 Å². The Kier molecular flexibility index (Phi) is 46.8. The monoisotopic (exact) mass is 1010 g/mol. The van der Waals surface area contributed by atoms with Crippen LogP contribution in [-0.2, 0) is 46.3 Å². The summed E-state index contributed by atoms with van der Waals surface area (Å²) in [5.74, 6) is -0.988. The van der Waals surface area contributed by atoms with E-state index in [-0.39, 0.29) is 12.8 Å². The van der Waals surface area contributed by atoms with Crippen LogP contribution in [0.5, 0.6) is 0 Å². The second-order valence-corrected chi connectivity index (χ2v) is 21.2. The fraction of sp³-hybridized carbons (Fsp3) is 0.882. The molecular formula is C51H98O15P2. The van der Waals surface area contributed by atoms with Crippen LogP contribution in [0.25, 0.3) is 0 Å². The van der Waals surface area contributed by atoms with E-state index in [1.54, 1.807) is 0 Å². The molecule has 0 bridgehead atoms. The molecule has 0 spiro atoms. The summed E-state index contributed by atoms with van der Waals surface area (Å²) in [5, 5.41) is 30.1. The molecule has 0 aliphatic carbocycles. The van der Waals surface area contributed by atoms with Crippen molar-refractivity contribution in [1.82, 2.24) is 0 Å². The molecule has 5 unspecified atom stereocenters. The van der Waals surface area contributed by atoms with E-state index in [0.717, 1.165) is 51.4 Å². The molecule has 0 saturated heterocycles. The van der Waals surface area contributed by atoms with Crippen molar-refractivity contribution in [3.8, 4) is 0 Å². The van der Waals surface area contributed by atoms with Crippen molar-refractivity contribution < 1.29 is 71.4 Å². The van der Waals surface area contributed by atoms with Crippen molar-refractivity contribution in [2.75, 3.05) is 39.6 Å². The Morgan fingerprint density at radius 3 is 0.956 bits per heavy atom. The van der Waals surface area contributed by atoms with E-state index in [9.17, 15) is 43.8 Å². The normalized spacial score (nSPS) is 15.1. The molecule has 68 heavy (non-hydrogen) atoms. The third-order valence-corrected chi connectivity index (χ3v) is 13.3. The molecule has 0 heterocycles. The Morgan fingerprint density at radius 1 is 0.382 bits per heavy atom. The van der Waals surface area contributed by atoms with Crippen LogP contribution in [0.4, 0.5) is 0 Å². The molecule has 0 aromatic rings. The highest BCUT2D eigenvalue weighted by Gasteiger charge is 2.28. The molecule has 0 aromatic heterocycles. The lowest BCUT2D eigenvalue weighted by Crippen LogP contribution is -2.25. The fourth-order valence-electron chi connectivity index (χ4n) is 7.24. The highest BCUT2D eigenvalue weighted by Crippen LogP contribution is 2.45. The third kappa shape index (κ3) is 49.5. The largest absolute Gasteiger partial charge is 0.472 e. The number of phosphoric acid groups is 2. The summed E-state index contributed by atoms with van der Waals surface area (Å²) in [6.07, 6.45) is 43.0. The molecule has 402 valence electrons. The molecule has 0 saturated carbocycles. The van der Waals surface area contributed by atoms with Crippen LogP contribution in [0.1, 0.15) is 232 Å². The first kappa shape index (κ1) is 66.5. The Hall–Kier alpha value is -1.48. The van der Waals surface area contributed by atoms with Gasteiger partial charge < -0.3 is 34.6 Å². The minimum absolute atomic E-state index is 0.196. The van der Waals surface area contributed by atoms with Crippen LogP contribution in [0.3, 0.4) is 0 Å². The van der Waals surface area contributed by atoms with Crippen LogP contribution < -0.4 is 0 Å². The van der Waals surface area contributed by atoms with Gasteiger partial charge in [0.15, 0.2) is 0 Å². The summed E-state index contributed by atoms with van der Waals surface area (Å²) in [7, 11) is -9.57. The highest BCUT2D eigenvalue weighted by atomic mass is 31.2. The van der Waals surface area contributed by atoms with Gasteiger partial charge in [-0.1, -0.05) is 199 Å². The topological polar surface area (TPSA) is 225 Å². The molecule has 0 rings (SSSR count). The number of unbranched alkanes of at least 4 members (excludes halogenated alkanes) is 28. The number of esters is 2. The van der Waals surface area contributed by atoms with Gasteiger partial charge in [-0.2, -0.15) is 0 Å². The van der Waals surface area contributed by atoms with Gasteiger partial charge in [-0.15, -0.1) is 0 Å². The summed E-state index contributed by atoms with van der Waals surface area (Å²) in [4.78, 5) is 43.9. The smallest absolute Gasteiger partial charge is 0.463 e. The minimum Gasteiger partial charge on any atom is -0.463 e. The number of aliphatic hydroxyl groups excluding tert-OH is 3. The Labute approximate surface area is 412 Å². The molecule has 0 aliphatic rings. The van der Waals surface area contributed by atoms with Gasteiger partial charge in [0.05, 0.1) is 26.4 Å². The van der Waals surface area contributed by atoms with Crippen molar-refractivity contribution in [1.29, 1.82) is 0 Å². The van der Waals surface area contributed by atoms with Crippen molar-refractivity contribution >= 4 is 27.6 Å². The summed E-state index contributed by atoms with van der Waals surface area (Å²) < 4.78 is 53.1. The third-order valence-electron chi connectivity index (χ3n) is 11.4. The van der Waals surface area contributed by atoms with Gasteiger partial charge in [-0.3, -0.25) is 27.7 Å². The molecule has 17 heteroatoms. The highest BCUT2D eigenvalue weighted by molar-refractivity contribution is 7.47. The van der Waals surface area contributed by atoms with Gasteiger partial charge in [0.25, 0.3) is 0 Å². The second-order valence-electron chi connectivity index (χ2n) is 18.2. The Morgan fingerprint density at radius 2 is 0.632 bits per heavy atom. The van der Waals surface area contributed by atoms with Crippen LogP contribution in [0, 0.1) is 0 Å². The fourth-order valence-corrected chi connectivity index (χ4v) is 8.84. The number of rotatable bonds is 52. The first-order valence-electron chi connectivity index (χ1n) is 26.7. The predicted molar refractivity (Wildman–Crippen MR) is 270 cm³/mol. The van der Waals surface area contributed by atoms with E-state index in [1.807, 2.05) is 0 Å². The molecule has 0 fully saturated rings. The number of aliphatic hydroxyl groups is 3. The average Bonchev–Trinajstić information content (AvgIpc) is 3.31. The summed E-state index contributed by atoms with van der Waals surface area (Å²) in [6, 6.07) is 0. The standard InChI is InChI=1S/C51H98O15P2/c1-3-5-7-9-11-13-15-17-19-20-21-22-23-24-26-28-30-32-34-36-38-40-51(56)62-42-48(53)44-64-68(59,60)66-46-49(54)45-65-67(57,58)63-43-47(52)41-61-50(55)39-37-35-33-31-29-27-25-18-16-14-12-10-8-6-4-2/h11,13,17,19,47-49,52-54H,3-10,12,14-16,18,20-46H2,1-2H3,(H,57,58)(H,59,60)/b13-11-,19-17-. The molecule has 0 amide bonds. The van der Waals surface area contributed by atoms with E-state index in [1.165, 1.54) is 141 Å². The van der Waals surface area contributed by atoms with Crippen LogP contribution in [0.2, 0.25) is 0 Å². The maximum Gasteiger partial charge on any atom is 0.472 e. The Balaban J connectivity index is 3.82. The van der Waals surface area contributed by atoms with Gasteiger partial charge >= 0.3 is 27.6 Å². The van der Waals surface area contributed by atoms with Crippen molar-refractivity contribution in [3.63, 3.8) is 0 Å². The van der Waals surface area contributed by atoms with Crippen molar-refractivity contribution in [2.45, 2.75) is 250 Å². The zero-order valence-electron chi connectivity index (χ0n) is 42.5. The lowest BCUT2D eigenvalue weighted by Gasteiger charge is -2.19. The molecule has 15 nitrogen and oxygen atoms in total. The lowest BCUT2D eigenvalue weighted by molar-refractivity contribution is -0.148. The maximum absolute atomic E-state index is 12.2. The average molecular weight is 1010 g/mol. The number of phosphoric ester groups is 2.